The minimum atomic E-state index is -1.17. The number of rotatable bonds is 5. The Morgan fingerprint density at radius 1 is 1.52 bits per heavy atom. The third kappa shape index (κ3) is 5.38. The molecule has 25 heavy (non-hydrogen) atoms. The van der Waals surface area contributed by atoms with Crippen LogP contribution in [0.1, 0.15) is 32.4 Å². The molecule has 1 aromatic heterocycles. The summed E-state index contributed by atoms with van der Waals surface area (Å²) < 4.78 is 10.0. The van der Waals surface area contributed by atoms with Crippen molar-refractivity contribution in [3.8, 4) is 0 Å². The van der Waals surface area contributed by atoms with Gasteiger partial charge in [-0.05, 0) is 38.8 Å². The molecule has 1 aliphatic rings. The number of amides is 1. The van der Waals surface area contributed by atoms with Gasteiger partial charge in [-0.1, -0.05) is 0 Å². The Kier molecular flexibility index (Phi) is 6.69. The summed E-state index contributed by atoms with van der Waals surface area (Å²) in [6.45, 7) is 5.85. The molecule has 3 N–H and O–H groups in total. The van der Waals surface area contributed by atoms with Crippen LogP contribution in [0, 0.1) is 0 Å². The molecule has 0 spiro atoms. The first-order chi connectivity index (χ1) is 12.0. The van der Waals surface area contributed by atoms with Crippen LogP contribution < -0.4 is 10.6 Å². The van der Waals surface area contributed by atoms with Gasteiger partial charge in [0.25, 0.3) is 0 Å². The zero-order valence-electron chi connectivity index (χ0n) is 15.1. The molecule has 8 nitrogen and oxygen atoms in total. The topological polar surface area (TPSA) is 99.3 Å². The van der Waals surface area contributed by atoms with Crippen molar-refractivity contribution in [2.75, 3.05) is 33.3 Å². The van der Waals surface area contributed by atoms with Crippen molar-refractivity contribution in [2.24, 2.45) is 4.99 Å². The molecule has 1 unspecified atom stereocenters. The molecule has 2 rings (SSSR count). The number of aliphatic hydroxyl groups is 1. The lowest BCUT2D eigenvalue weighted by molar-refractivity contribution is 0.0436. The summed E-state index contributed by atoms with van der Waals surface area (Å²) in [5.74, 6) is 1.13. The lowest BCUT2D eigenvalue weighted by Crippen LogP contribution is -2.50. The van der Waals surface area contributed by atoms with Crippen LogP contribution in [0.15, 0.2) is 27.8 Å². The highest BCUT2D eigenvalue weighted by molar-refractivity contribution is 5.80. The van der Waals surface area contributed by atoms with Gasteiger partial charge in [0.15, 0.2) is 5.96 Å². The van der Waals surface area contributed by atoms with E-state index in [0.717, 1.165) is 19.4 Å². The summed E-state index contributed by atoms with van der Waals surface area (Å²) in [4.78, 5) is 17.7. The largest absolute Gasteiger partial charge is 0.466 e. The Morgan fingerprint density at radius 2 is 2.24 bits per heavy atom. The molecule has 1 aliphatic heterocycles. The Balaban J connectivity index is 1.91. The Hall–Kier alpha value is -2.22. The number of carbonyl (C=O) groups excluding carboxylic acids is 1. The van der Waals surface area contributed by atoms with Crippen LogP contribution >= 0.6 is 0 Å². The molecule has 1 atom stereocenters. The van der Waals surface area contributed by atoms with Gasteiger partial charge >= 0.3 is 6.09 Å². The first kappa shape index (κ1) is 19.1. The van der Waals surface area contributed by atoms with Crippen molar-refractivity contribution in [3.05, 3.63) is 24.2 Å². The van der Waals surface area contributed by atoms with Crippen LogP contribution in [0.5, 0.6) is 0 Å². The lowest BCUT2D eigenvalue weighted by atomic mass is 10.0. The normalized spacial score (nSPS) is 18.6. The molecule has 0 aliphatic carbocycles. The minimum absolute atomic E-state index is 0.177. The van der Waals surface area contributed by atoms with E-state index in [1.54, 1.807) is 24.0 Å². The van der Waals surface area contributed by atoms with Gasteiger partial charge in [-0.2, -0.15) is 0 Å². The van der Waals surface area contributed by atoms with E-state index in [4.69, 9.17) is 9.15 Å². The summed E-state index contributed by atoms with van der Waals surface area (Å²) in [5, 5.41) is 17.1. The van der Waals surface area contributed by atoms with Crippen molar-refractivity contribution in [1.82, 2.24) is 15.5 Å². The van der Waals surface area contributed by atoms with Crippen LogP contribution in [0.2, 0.25) is 0 Å². The van der Waals surface area contributed by atoms with Crippen molar-refractivity contribution in [3.63, 3.8) is 0 Å². The number of methoxy groups -OCH3 is 1. The molecule has 0 saturated carbocycles. The second-order valence-electron chi connectivity index (χ2n) is 6.32. The van der Waals surface area contributed by atoms with E-state index >= 15 is 0 Å². The molecule has 2 heterocycles. The molecule has 1 saturated heterocycles. The second kappa shape index (κ2) is 8.75. The number of furan rings is 1. The second-order valence-corrected chi connectivity index (χ2v) is 6.32. The summed E-state index contributed by atoms with van der Waals surface area (Å²) in [6, 6.07) is 3.69. The summed E-state index contributed by atoms with van der Waals surface area (Å²) >= 11 is 0. The standard InChI is InChI=1S/C17H28N4O4/c1-4-18-15(19-12-17(2,23)14-6-5-11-25-14)20-13-7-9-21(10-8-13)16(22)24-3/h5-6,11,13,23H,4,7-10,12H2,1-3H3,(H2,18,19,20). The number of nitrogens with one attached hydrogen (secondary N) is 2. The molecule has 0 bridgehead atoms. The first-order valence-corrected chi connectivity index (χ1v) is 8.60. The molecule has 1 fully saturated rings. The molecule has 0 radical (unpaired) electrons. The van der Waals surface area contributed by atoms with E-state index in [2.05, 4.69) is 15.6 Å². The molecular formula is C17H28N4O4. The van der Waals surface area contributed by atoms with E-state index in [1.807, 2.05) is 6.92 Å². The van der Waals surface area contributed by atoms with E-state index in [1.165, 1.54) is 13.4 Å². The van der Waals surface area contributed by atoms with Gasteiger partial charge in [-0.3, -0.25) is 0 Å². The highest BCUT2D eigenvalue weighted by atomic mass is 16.5. The number of hydrogen-bond donors (Lipinski definition) is 3. The van der Waals surface area contributed by atoms with Crippen molar-refractivity contribution in [2.45, 2.75) is 38.3 Å². The van der Waals surface area contributed by atoms with Gasteiger partial charge in [0.05, 0.1) is 19.9 Å². The molecule has 1 amide bonds. The van der Waals surface area contributed by atoms with Crippen LogP contribution in [-0.4, -0.2) is 61.4 Å². The molecule has 0 aromatic carbocycles. The number of hydrogen-bond acceptors (Lipinski definition) is 5. The summed E-state index contributed by atoms with van der Waals surface area (Å²) in [7, 11) is 1.40. The zero-order chi connectivity index (χ0) is 18.3. The molecule has 1 aromatic rings. The van der Waals surface area contributed by atoms with Crippen molar-refractivity contribution < 1.29 is 19.1 Å². The fraction of sp³-hybridized carbons (Fsp3) is 0.647. The smallest absolute Gasteiger partial charge is 0.409 e. The molecule has 140 valence electrons. The highest BCUT2D eigenvalue weighted by Crippen LogP contribution is 2.21. The van der Waals surface area contributed by atoms with Crippen LogP contribution in [0.25, 0.3) is 0 Å². The minimum Gasteiger partial charge on any atom is -0.466 e. The SMILES string of the molecule is CCNC(=NCC(C)(O)c1ccco1)NC1CCN(C(=O)OC)CC1. The fourth-order valence-corrected chi connectivity index (χ4v) is 2.74. The zero-order valence-corrected chi connectivity index (χ0v) is 15.1. The average molecular weight is 352 g/mol. The summed E-state index contributed by atoms with van der Waals surface area (Å²) in [6.07, 6.45) is 2.88. The maximum Gasteiger partial charge on any atom is 0.409 e. The van der Waals surface area contributed by atoms with Crippen LogP contribution in [0.3, 0.4) is 0 Å². The number of aliphatic imine (C=N–C) groups is 1. The maximum atomic E-state index is 11.5. The summed E-state index contributed by atoms with van der Waals surface area (Å²) in [5.41, 5.74) is -1.17. The van der Waals surface area contributed by atoms with Gasteiger partial charge in [-0.15, -0.1) is 0 Å². The Labute approximate surface area is 148 Å². The predicted octanol–water partition coefficient (Wildman–Crippen LogP) is 1.27. The van der Waals surface area contributed by atoms with Gasteiger partial charge in [0, 0.05) is 25.7 Å². The Bertz CT molecular complexity index is 563. The number of nitrogens with zero attached hydrogens (tertiary/aromatic N) is 2. The van der Waals surface area contributed by atoms with Gasteiger partial charge < -0.3 is 29.8 Å². The monoisotopic (exact) mass is 352 g/mol. The van der Waals surface area contributed by atoms with Gasteiger partial charge in [0.2, 0.25) is 0 Å². The third-order valence-corrected chi connectivity index (χ3v) is 4.21. The lowest BCUT2D eigenvalue weighted by Gasteiger charge is -2.32. The van der Waals surface area contributed by atoms with E-state index in [9.17, 15) is 9.90 Å². The average Bonchev–Trinajstić information content (AvgIpc) is 3.15. The third-order valence-electron chi connectivity index (χ3n) is 4.21. The number of carbonyl (C=O) groups is 1. The van der Waals surface area contributed by atoms with Gasteiger partial charge in [0.1, 0.15) is 11.4 Å². The van der Waals surface area contributed by atoms with Crippen LogP contribution in [-0.2, 0) is 10.3 Å². The van der Waals surface area contributed by atoms with Crippen LogP contribution in [0.4, 0.5) is 4.79 Å². The quantitative estimate of drug-likeness (QED) is 0.545. The first-order valence-electron chi connectivity index (χ1n) is 8.60. The van der Waals surface area contributed by atoms with E-state index in [-0.39, 0.29) is 18.7 Å². The molecule has 8 heteroatoms. The number of piperidine rings is 1. The fourth-order valence-electron chi connectivity index (χ4n) is 2.74. The Morgan fingerprint density at radius 3 is 2.80 bits per heavy atom. The maximum absolute atomic E-state index is 11.5. The van der Waals surface area contributed by atoms with E-state index < -0.39 is 5.60 Å². The van der Waals surface area contributed by atoms with Crippen molar-refractivity contribution in [1.29, 1.82) is 0 Å². The number of likely N-dealkylation sites (tertiary alicyclic amines) is 1. The molecular weight excluding hydrogens is 324 g/mol. The number of guanidine groups is 1. The highest BCUT2D eigenvalue weighted by Gasteiger charge is 2.27. The number of ether oxygens (including phenoxy) is 1. The van der Waals surface area contributed by atoms with Gasteiger partial charge in [-0.25, -0.2) is 9.79 Å². The predicted molar refractivity (Wildman–Crippen MR) is 94.4 cm³/mol. The van der Waals surface area contributed by atoms with E-state index in [0.29, 0.717) is 24.8 Å². The van der Waals surface area contributed by atoms with Crippen molar-refractivity contribution >= 4 is 12.1 Å².